The molecule has 21 heavy (non-hydrogen) atoms. The van der Waals surface area contributed by atoms with Crippen molar-refractivity contribution in [1.82, 2.24) is 0 Å². The second-order valence-corrected chi connectivity index (χ2v) is 5.16. The number of methoxy groups -OCH3 is 1. The summed E-state index contributed by atoms with van der Waals surface area (Å²) in [7, 11) is 1.43. The lowest BCUT2D eigenvalue weighted by Gasteiger charge is -2.05. The van der Waals surface area contributed by atoms with Crippen LogP contribution in [0.4, 0.5) is 0 Å². The zero-order valence-electron chi connectivity index (χ0n) is 12.8. The van der Waals surface area contributed by atoms with Crippen LogP contribution >= 0.6 is 0 Å². The predicted molar refractivity (Wildman–Crippen MR) is 82.3 cm³/mol. The first-order chi connectivity index (χ1) is 10.0. The third-order valence-corrected chi connectivity index (χ3v) is 3.82. The van der Waals surface area contributed by atoms with Gasteiger partial charge in [0.2, 0.25) is 0 Å². The summed E-state index contributed by atoms with van der Waals surface area (Å²) in [5.74, 6) is 0.176. The van der Waals surface area contributed by atoms with E-state index in [1.165, 1.54) is 13.4 Å². The van der Waals surface area contributed by atoms with Crippen LogP contribution in [0.25, 0.3) is 16.5 Å². The van der Waals surface area contributed by atoms with Gasteiger partial charge in [0.15, 0.2) is 0 Å². The molecule has 0 saturated carbocycles. The first-order valence-electron chi connectivity index (χ1n) is 6.99. The summed E-state index contributed by atoms with van der Waals surface area (Å²) in [5, 5.41) is 10.3. The van der Waals surface area contributed by atoms with Gasteiger partial charge in [-0.1, -0.05) is 32.0 Å². The fourth-order valence-corrected chi connectivity index (χ4v) is 2.48. The zero-order valence-corrected chi connectivity index (χ0v) is 12.8. The number of rotatable bonds is 5. The molecule has 2 aromatic rings. The van der Waals surface area contributed by atoms with Crippen LogP contribution in [0, 0.1) is 6.92 Å². The summed E-state index contributed by atoms with van der Waals surface area (Å²) in [6.07, 6.45) is 2.20. The Morgan fingerprint density at radius 2 is 2.19 bits per heavy atom. The fraction of sp³-hybridized carbons (Fsp3) is 0.353. The van der Waals surface area contributed by atoms with Crippen LogP contribution in [0.2, 0.25) is 0 Å². The number of fused-ring (bicyclic) bond motifs is 1. The summed E-state index contributed by atoms with van der Waals surface area (Å²) >= 11 is 0. The van der Waals surface area contributed by atoms with Gasteiger partial charge in [0.1, 0.15) is 16.9 Å². The van der Waals surface area contributed by atoms with Crippen molar-refractivity contribution in [2.45, 2.75) is 33.1 Å². The highest BCUT2D eigenvalue weighted by atomic mass is 16.5. The van der Waals surface area contributed by atoms with E-state index in [-0.39, 0.29) is 5.57 Å². The number of hydrogen-bond donors (Lipinski definition) is 1. The van der Waals surface area contributed by atoms with Crippen molar-refractivity contribution in [2.75, 3.05) is 7.11 Å². The molecule has 4 heteroatoms. The molecule has 0 aliphatic rings. The van der Waals surface area contributed by atoms with E-state index in [4.69, 9.17) is 9.15 Å². The summed E-state index contributed by atoms with van der Waals surface area (Å²) in [6, 6.07) is 5.54. The number of aryl methyl sites for hydroxylation is 1. The van der Waals surface area contributed by atoms with E-state index in [1.807, 2.05) is 19.1 Å². The average molecular weight is 288 g/mol. The second kappa shape index (κ2) is 6.04. The van der Waals surface area contributed by atoms with Gasteiger partial charge in [-0.05, 0) is 18.9 Å². The summed E-state index contributed by atoms with van der Waals surface area (Å²) in [6.45, 7) is 6.22. The molecule has 0 radical (unpaired) electrons. The van der Waals surface area contributed by atoms with Crippen LogP contribution in [0.3, 0.4) is 0 Å². The molecule has 4 nitrogen and oxygen atoms in total. The van der Waals surface area contributed by atoms with Crippen molar-refractivity contribution >= 4 is 22.5 Å². The first-order valence-corrected chi connectivity index (χ1v) is 6.99. The van der Waals surface area contributed by atoms with E-state index in [0.29, 0.717) is 17.1 Å². The summed E-state index contributed by atoms with van der Waals surface area (Å²) in [4.78, 5) is 11.4. The molecule has 2 rings (SSSR count). The minimum absolute atomic E-state index is 0.0903. The number of aliphatic carboxylic acids is 1. The molecule has 0 amide bonds. The lowest BCUT2D eigenvalue weighted by molar-refractivity contribution is -0.130. The highest BCUT2D eigenvalue weighted by molar-refractivity contribution is 6.18. The van der Waals surface area contributed by atoms with E-state index in [0.717, 1.165) is 23.1 Å². The lowest BCUT2D eigenvalue weighted by Crippen LogP contribution is -2.00. The van der Waals surface area contributed by atoms with Gasteiger partial charge in [0.25, 0.3) is 0 Å². The van der Waals surface area contributed by atoms with Crippen molar-refractivity contribution in [3.63, 3.8) is 0 Å². The first kappa shape index (κ1) is 15.2. The van der Waals surface area contributed by atoms with Gasteiger partial charge >= 0.3 is 5.97 Å². The normalized spacial score (nSPS) is 13.4. The van der Waals surface area contributed by atoms with E-state index in [9.17, 15) is 9.90 Å². The quantitative estimate of drug-likeness (QED) is 0.657. The second-order valence-electron chi connectivity index (χ2n) is 5.16. The molecular formula is C17H20O4. The summed E-state index contributed by atoms with van der Waals surface area (Å²) < 4.78 is 10.9. The third kappa shape index (κ3) is 2.66. The molecule has 1 atom stereocenters. The van der Waals surface area contributed by atoms with Gasteiger partial charge in [-0.3, -0.25) is 0 Å². The number of carbonyl (C=O) groups is 1. The van der Waals surface area contributed by atoms with Crippen molar-refractivity contribution < 1.29 is 19.1 Å². The number of carboxylic acids is 1. The van der Waals surface area contributed by atoms with Crippen molar-refractivity contribution in [2.24, 2.45) is 0 Å². The molecule has 1 N–H and O–H groups in total. The van der Waals surface area contributed by atoms with Gasteiger partial charge in [-0.2, -0.15) is 0 Å². The molecule has 0 aliphatic carbocycles. The SMILES string of the molecule is CCC(C)c1oc2c(C(=COC)C(=O)O)cccc2c1C. The van der Waals surface area contributed by atoms with Gasteiger partial charge in [-0.25, -0.2) is 4.79 Å². The molecule has 1 heterocycles. The fourth-order valence-electron chi connectivity index (χ4n) is 2.48. The molecule has 0 aliphatic heterocycles. The standard InChI is InChI=1S/C17H20O4/c1-5-10(2)15-11(3)12-7-6-8-13(16(12)21-15)14(9-20-4)17(18)19/h6-10H,5H2,1-4H3,(H,18,19). The van der Waals surface area contributed by atoms with E-state index >= 15 is 0 Å². The van der Waals surface area contributed by atoms with Gasteiger partial charge in [0.05, 0.1) is 13.4 Å². The Hall–Kier alpha value is -2.23. The van der Waals surface area contributed by atoms with E-state index in [1.54, 1.807) is 6.07 Å². The molecule has 0 saturated heterocycles. The van der Waals surface area contributed by atoms with Gasteiger partial charge in [0, 0.05) is 16.9 Å². The maximum Gasteiger partial charge on any atom is 0.339 e. The molecule has 0 bridgehead atoms. The van der Waals surface area contributed by atoms with Crippen LogP contribution in [0.15, 0.2) is 28.9 Å². The molecular weight excluding hydrogens is 268 g/mol. The largest absolute Gasteiger partial charge is 0.503 e. The molecule has 1 aromatic carbocycles. The maximum absolute atomic E-state index is 11.4. The molecule has 0 fully saturated rings. The number of benzene rings is 1. The minimum atomic E-state index is -1.04. The zero-order chi connectivity index (χ0) is 15.6. The third-order valence-electron chi connectivity index (χ3n) is 3.82. The van der Waals surface area contributed by atoms with Crippen LogP contribution in [0.1, 0.15) is 43.1 Å². The smallest absolute Gasteiger partial charge is 0.339 e. The van der Waals surface area contributed by atoms with E-state index in [2.05, 4.69) is 13.8 Å². The average Bonchev–Trinajstić information content (AvgIpc) is 2.81. The van der Waals surface area contributed by atoms with Gasteiger partial charge in [-0.15, -0.1) is 0 Å². The van der Waals surface area contributed by atoms with Crippen LogP contribution in [-0.4, -0.2) is 18.2 Å². The minimum Gasteiger partial charge on any atom is -0.503 e. The summed E-state index contributed by atoms with van der Waals surface area (Å²) in [5.41, 5.74) is 2.31. The number of ether oxygens (including phenoxy) is 1. The highest BCUT2D eigenvalue weighted by Crippen LogP contribution is 2.35. The van der Waals surface area contributed by atoms with Crippen LogP contribution in [0.5, 0.6) is 0 Å². The Bertz CT molecular complexity index is 694. The number of para-hydroxylation sites is 1. The Morgan fingerprint density at radius 1 is 1.48 bits per heavy atom. The van der Waals surface area contributed by atoms with Crippen molar-refractivity contribution in [1.29, 1.82) is 0 Å². The molecule has 1 unspecified atom stereocenters. The maximum atomic E-state index is 11.4. The highest BCUT2D eigenvalue weighted by Gasteiger charge is 2.21. The Balaban J connectivity index is 2.72. The van der Waals surface area contributed by atoms with Gasteiger partial charge < -0.3 is 14.3 Å². The van der Waals surface area contributed by atoms with Crippen LogP contribution in [-0.2, 0) is 9.53 Å². The predicted octanol–water partition coefficient (Wildman–Crippen LogP) is 4.33. The number of hydrogen-bond acceptors (Lipinski definition) is 3. The molecule has 0 spiro atoms. The Kier molecular flexibility index (Phi) is 4.36. The molecule has 1 aromatic heterocycles. The Morgan fingerprint density at radius 3 is 2.76 bits per heavy atom. The van der Waals surface area contributed by atoms with E-state index < -0.39 is 5.97 Å². The van der Waals surface area contributed by atoms with Crippen molar-refractivity contribution in [3.8, 4) is 0 Å². The lowest BCUT2D eigenvalue weighted by atomic mass is 9.99. The van der Waals surface area contributed by atoms with Crippen molar-refractivity contribution in [3.05, 3.63) is 41.3 Å². The number of carboxylic acid groups (broad SMARTS) is 1. The van der Waals surface area contributed by atoms with Crippen LogP contribution < -0.4 is 0 Å². The topological polar surface area (TPSA) is 59.7 Å². The monoisotopic (exact) mass is 288 g/mol. The number of furan rings is 1. The Labute approximate surface area is 124 Å². The molecule has 112 valence electrons.